The zero-order chi connectivity index (χ0) is 19.8. The van der Waals surface area contributed by atoms with E-state index in [4.69, 9.17) is 9.47 Å². The largest absolute Gasteiger partial charge is 0.497 e. The summed E-state index contributed by atoms with van der Waals surface area (Å²) in [4.78, 5) is 34.3. The van der Waals surface area contributed by atoms with Gasteiger partial charge in [0.15, 0.2) is 6.61 Å². The molecule has 0 heterocycles. The second-order valence-electron chi connectivity index (χ2n) is 5.44. The van der Waals surface area contributed by atoms with E-state index in [1.54, 1.807) is 25.3 Å². The van der Waals surface area contributed by atoms with Crippen molar-refractivity contribution in [2.24, 2.45) is 0 Å². The topological polar surface area (TPSA) is 120 Å². The number of nitrogens with zero attached hydrogens (tertiary/aromatic N) is 1. The van der Waals surface area contributed by atoms with Crippen LogP contribution in [0.25, 0.3) is 0 Å². The summed E-state index contributed by atoms with van der Waals surface area (Å²) in [5.41, 5.74) is 0.829. The van der Waals surface area contributed by atoms with Crippen LogP contribution in [0.15, 0.2) is 42.5 Å². The van der Waals surface area contributed by atoms with Crippen LogP contribution < -0.4 is 15.4 Å². The summed E-state index contributed by atoms with van der Waals surface area (Å²) >= 11 is 0. The summed E-state index contributed by atoms with van der Waals surface area (Å²) in [7, 11) is 3.08. The van der Waals surface area contributed by atoms with Crippen LogP contribution in [0.5, 0.6) is 5.75 Å². The Balaban J connectivity index is 1.90. The molecule has 2 aromatic rings. The van der Waals surface area contributed by atoms with Crippen LogP contribution in [-0.2, 0) is 16.1 Å². The minimum absolute atomic E-state index is 0.0127. The van der Waals surface area contributed by atoms with Crippen molar-refractivity contribution in [2.75, 3.05) is 26.1 Å². The van der Waals surface area contributed by atoms with E-state index in [0.717, 1.165) is 11.6 Å². The minimum atomic E-state index is -0.822. The second kappa shape index (κ2) is 9.18. The quantitative estimate of drug-likeness (QED) is 0.413. The number of hydrogen-bond acceptors (Lipinski definition) is 7. The van der Waals surface area contributed by atoms with Crippen LogP contribution >= 0.6 is 0 Å². The summed E-state index contributed by atoms with van der Waals surface area (Å²) in [6.45, 7) is -0.250. The molecule has 2 aromatic carbocycles. The average Bonchev–Trinajstić information content (AvgIpc) is 2.69. The number of benzene rings is 2. The van der Waals surface area contributed by atoms with E-state index < -0.39 is 23.4 Å². The van der Waals surface area contributed by atoms with Crippen LogP contribution in [0.3, 0.4) is 0 Å². The molecule has 9 nitrogen and oxygen atoms in total. The molecule has 27 heavy (non-hydrogen) atoms. The fourth-order valence-electron chi connectivity index (χ4n) is 2.27. The van der Waals surface area contributed by atoms with Gasteiger partial charge in [-0.3, -0.25) is 14.9 Å². The number of anilines is 1. The van der Waals surface area contributed by atoms with Crippen molar-refractivity contribution in [2.45, 2.75) is 6.54 Å². The molecule has 0 radical (unpaired) electrons. The molecule has 0 atom stereocenters. The number of carbonyl (C=O) groups excluding carboxylic acids is 2. The Labute approximate surface area is 155 Å². The van der Waals surface area contributed by atoms with Crippen molar-refractivity contribution in [3.63, 3.8) is 0 Å². The molecule has 0 fully saturated rings. The van der Waals surface area contributed by atoms with Gasteiger partial charge in [0.05, 0.1) is 17.6 Å². The van der Waals surface area contributed by atoms with Gasteiger partial charge in [-0.25, -0.2) is 4.79 Å². The molecule has 0 bridgehead atoms. The number of hydrogen-bond donors (Lipinski definition) is 2. The Morgan fingerprint density at radius 2 is 1.96 bits per heavy atom. The van der Waals surface area contributed by atoms with Crippen molar-refractivity contribution >= 4 is 23.3 Å². The molecule has 9 heteroatoms. The standard InChI is InChI=1S/C18H19N3O6/c1-19-15-7-6-13(9-16(15)21(24)25)18(23)27-11-17(22)20-10-12-4-3-5-14(8-12)26-2/h3-9,19H,10-11H2,1-2H3,(H,20,22). The summed E-state index contributed by atoms with van der Waals surface area (Å²) in [5.74, 6) is -0.649. The van der Waals surface area contributed by atoms with Crippen LogP contribution in [0.4, 0.5) is 11.4 Å². The lowest BCUT2D eigenvalue weighted by molar-refractivity contribution is -0.384. The average molecular weight is 373 g/mol. The highest BCUT2D eigenvalue weighted by Crippen LogP contribution is 2.25. The van der Waals surface area contributed by atoms with E-state index in [1.165, 1.54) is 19.2 Å². The minimum Gasteiger partial charge on any atom is -0.497 e. The molecule has 0 aliphatic carbocycles. The number of ether oxygens (including phenoxy) is 2. The third-order valence-electron chi connectivity index (χ3n) is 3.66. The summed E-state index contributed by atoms with van der Waals surface area (Å²) < 4.78 is 10.0. The summed E-state index contributed by atoms with van der Waals surface area (Å²) in [6, 6.07) is 11.1. The molecule has 2 N–H and O–H groups in total. The van der Waals surface area contributed by atoms with E-state index in [-0.39, 0.29) is 23.5 Å². The van der Waals surface area contributed by atoms with Gasteiger partial charge in [-0.1, -0.05) is 12.1 Å². The Morgan fingerprint density at radius 1 is 1.19 bits per heavy atom. The van der Waals surface area contributed by atoms with Crippen LogP contribution in [0.2, 0.25) is 0 Å². The smallest absolute Gasteiger partial charge is 0.338 e. The van der Waals surface area contributed by atoms with Gasteiger partial charge in [0.2, 0.25) is 0 Å². The molecule has 0 aliphatic rings. The first kappa shape index (κ1) is 19.7. The van der Waals surface area contributed by atoms with E-state index in [9.17, 15) is 19.7 Å². The molecule has 0 unspecified atom stereocenters. The second-order valence-corrected chi connectivity index (χ2v) is 5.44. The van der Waals surface area contributed by atoms with Gasteiger partial charge in [-0.2, -0.15) is 0 Å². The maximum Gasteiger partial charge on any atom is 0.338 e. The third-order valence-corrected chi connectivity index (χ3v) is 3.66. The lowest BCUT2D eigenvalue weighted by Crippen LogP contribution is -2.28. The number of esters is 1. The van der Waals surface area contributed by atoms with E-state index in [0.29, 0.717) is 5.75 Å². The number of nitro benzene ring substituents is 1. The van der Waals surface area contributed by atoms with Crippen molar-refractivity contribution in [3.8, 4) is 5.75 Å². The predicted molar refractivity (Wildman–Crippen MR) is 97.8 cm³/mol. The highest BCUT2D eigenvalue weighted by atomic mass is 16.6. The third kappa shape index (κ3) is 5.43. The van der Waals surface area contributed by atoms with Crippen molar-refractivity contribution in [1.82, 2.24) is 5.32 Å². The zero-order valence-electron chi connectivity index (χ0n) is 14.9. The Hall–Kier alpha value is -3.62. The lowest BCUT2D eigenvalue weighted by Gasteiger charge is -2.08. The Morgan fingerprint density at radius 3 is 2.63 bits per heavy atom. The Bertz CT molecular complexity index is 853. The van der Waals surface area contributed by atoms with Crippen molar-refractivity contribution in [1.29, 1.82) is 0 Å². The van der Waals surface area contributed by atoms with E-state index in [2.05, 4.69) is 10.6 Å². The van der Waals surface area contributed by atoms with Gasteiger partial charge < -0.3 is 20.1 Å². The molecular formula is C18H19N3O6. The number of nitro groups is 1. The normalized spacial score (nSPS) is 10.0. The van der Waals surface area contributed by atoms with Crippen molar-refractivity contribution in [3.05, 3.63) is 63.7 Å². The van der Waals surface area contributed by atoms with Crippen LogP contribution in [0.1, 0.15) is 15.9 Å². The molecule has 142 valence electrons. The Kier molecular flexibility index (Phi) is 6.70. The molecule has 0 spiro atoms. The molecule has 0 aromatic heterocycles. The molecule has 0 aliphatic heterocycles. The zero-order valence-corrected chi connectivity index (χ0v) is 14.9. The first-order chi connectivity index (χ1) is 12.9. The maximum absolute atomic E-state index is 12.0. The highest BCUT2D eigenvalue weighted by molar-refractivity contribution is 5.93. The van der Waals surface area contributed by atoms with Gasteiger partial charge in [0, 0.05) is 19.7 Å². The predicted octanol–water partition coefficient (Wildman–Crippen LogP) is 2.12. The van der Waals surface area contributed by atoms with Gasteiger partial charge in [-0.05, 0) is 29.8 Å². The van der Waals surface area contributed by atoms with Crippen LogP contribution in [-0.4, -0.2) is 37.6 Å². The van der Waals surface area contributed by atoms with Gasteiger partial charge >= 0.3 is 5.97 Å². The maximum atomic E-state index is 12.0. The first-order valence-electron chi connectivity index (χ1n) is 7.97. The fourth-order valence-corrected chi connectivity index (χ4v) is 2.27. The molecule has 2 rings (SSSR count). The molecular weight excluding hydrogens is 354 g/mol. The lowest BCUT2D eigenvalue weighted by atomic mass is 10.1. The van der Waals surface area contributed by atoms with Crippen molar-refractivity contribution < 1.29 is 24.0 Å². The van der Waals surface area contributed by atoms with E-state index >= 15 is 0 Å². The van der Waals surface area contributed by atoms with Gasteiger partial charge in [0.25, 0.3) is 11.6 Å². The number of rotatable bonds is 8. The van der Waals surface area contributed by atoms with Gasteiger partial charge in [-0.15, -0.1) is 0 Å². The SMILES string of the molecule is CNc1ccc(C(=O)OCC(=O)NCc2cccc(OC)c2)cc1[N+](=O)[O-]. The van der Waals surface area contributed by atoms with Crippen LogP contribution in [0, 0.1) is 10.1 Å². The first-order valence-corrected chi connectivity index (χ1v) is 7.97. The number of nitrogens with one attached hydrogen (secondary N) is 2. The highest BCUT2D eigenvalue weighted by Gasteiger charge is 2.18. The molecule has 1 amide bonds. The number of amides is 1. The number of methoxy groups -OCH3 is 1. The fraction of sp³-hybridized carbons (Fsp3) is 0.222. The molecule has 0 saturated heterocycles. The molecule has 0 saturated carbocycles. The number of carbonyl (C=O) groups is 2. The summed E-state index contributed by atoms with van der Waals surface area (Å²) in [6.07, 6.45) is 0. The monoisotopic (exact) mass is 373 g/mol. The van der Waals surface area contributed by atoms with E-state index in [1.807, 2.05) is 6.07 Å². The van der Waals surface area contributed by atoms with Gasteiger partial charge in [0.1, 0.15) is 11.4 Å². The summed E-state index contributed by atoms with van der Waals surface area (Å²) in [5, 5.41) is 16.3.